The summed E-state index contributed by atoms with van der Waals surface area (Å²) >= 11 is 3.71. The van der Waals surface area contributed by atoms with Crippen LogP contribution in [0.3, 0.4) is 0 Å². The Kier molecular flexibility index (Phi) is 4.76. The Morgan fingerprint density at radius 2 is 1.47 bits per heavy atom. The molecule has 2 heteroatoms. The highest BCUT2D eigenvalue weighted by molar-refractivity contribution is 9.09. The van der Waals surface area contributed by atoms with Crippen LogP contribution in [0.25, 0.3) is 0 Å². The van der Waals surface area contributed by atoms with Gasteiger partial charge in [-0.1, -0.05) is 60.1 Å². The van der Waals surface area contributed by atoms with Gasteiger partial charge in [-0.2, -0.15) is 0 Å². The monoisotopic (exact) mass is 320 g/mol. The van der Waals surface area contributed by atoms with Crippen molar-refractivity contribution in [2.45, 2.75) is 31.5 Å². The van der Waals surface area contributed by atoms with Crippen LogP contribution in [0.5, 0.6) is 0 Å². The average molecular weight is 321 g/mol. The number of alkyl halides is 1. The number of halogens is 2. The molecule has 0 heterocycles. The molecular weight excluding hydrogens is 303 g/mol. The molecule has 0 N–H and O–H groups in total. The van der Waals surface area contributed by atoms with Crippen LogP contribution in [0.2, 0.25) is 0 Å². The molecular formula is C17H18BrF. The van der Waals surface area contributed by atoms with Crippen molar-refractivity contribution in [2.24, 2.45) is 0 Å². The molecule has 19 heavy (non-hydrogen) atoms. The van der Waals surface area contributed by atoms with Gasteiger partial charge < -0.3 is 0 Å². The zero-order valence-corrected chi connectivity index (χ0v) is 12.9. The average Bonchev–Trinajstić information content (AvgIpc) is 2.46. The third-order valence-electron chi connectivity index (χ3n) is 3.45. The Bertz CT molecular complexity index is 546. The van der Waals surface area contributed by atoms with E-state index in [0.29, 0.717) is 0 Å². The summed E-state index contributed by atoms with van der Waals surface area (Å²) in [7, 11) is 0. The largest absolute Gasteiger partial charge is 0.207 e. The van der Waals surface area contributed by atoms with Crippen molar-refractivity contribution < 1.29 is 4.39 Å². The summed E-state index contributed by atoms with van der Waals surface area (Å²) in [6.45, 7) is 4.36. The lowest BCUT2D eigenvalue weighted by atomic mass is 9.96. The van der Waals surface area contributed by atoms with E-state index in [1.54, 1.807) is 0 Å². The fourth-order valence-corrected chi connectivity index (χ4v) is 2.89. The maximum absolute atomic E-state index is 13.0. The summed E-state index contributed by atoms with van der Waals surface area (Å²) in [5.41, 5.74) is 5.10. The maximum atomic E-state index is 13.0. The topological polar surface area (TPSA) is 0 Å². The minimum atomic E-state index is -0.195. The Hall–Kier alpha value is -1.15. The highest BCUT2D eigenvalue weighted by Gasteiger charge is 2.12. The predicted molar refractivity (Wildman–Crippen MR) is 82.4 cm³/mol. The molecule has 0 nitrogen and oxygen atoms in total. The second-order valence-electron chi connectivity index (χ2n) is 4.65. The van der Waals surface area contributed by atoms with Crippen LogP contribution in [-0.2, 0) is 12.8 Å². The molecule has 0 saturated heterocycles. The number of hydrogen-bond donors (Lipinski definition) is 0. The van der Waals surface area contributed by atoms with Gasteiger partial charge in [0.2, 0.25) is 0 Å². The van der Waals surface area contributed by atoms with Crippen LogP contribution >= 0.6 is 15.9 Å². The van der Waals surface area contributed by atoms with E-state index >= 15 is 0 Å². The Morgan fingerprint density at radius 1 is 0.895 bits per heavy atom. The summed E-state index contributed by atoms with van der Waals surface area (Å²) in [6, 6.07) is 13.3. The molecule has 0 aliphatic carbocycles. The van der Waals surface area contributed by atoms with E-state index in [9.17, 15) is 4.39 Å². The van der Waals surface area contributed by atoms with Crippen molar-refractivity contribution in [1.82, 2.24) is 0 Å². The second kappa shape index (κ2) is 6.33. The predicted octanol–water partition coefficient (Wildman–Crippen LogP) is 5.43. The quantitative estimate of drug-likeness (QED) is 0.658. The molecule has 0 saturated carbocycles. The lowest BCUT2D eigenvalue weighted by Gasteiger charge is -2.14. The molecule has 0 aromatic heterocycles. The Labute approximate surface area is 122 Å². The molecule has 0 aliphatic rings. The van der Waals surface area contributed by atoms with Gasteiger partial charge in [-0.05, 0) is 47.2 Å². The van der Waals surface area contributed by atoms with Gasteiger partial charge in [0.05, 0.1) is 4.83 Å². The van der Waals surface area contributed by atoms with Crippen LogP contribution in [0.15, 0.2) is 42.5 Å². The van der Waals surface area contributed by atoms with E-state index in [2.05, 4.69) is 48.0 Å². The zero-order chi connectivity index (χ0) is 13.8. The van der Waals surface area contributed by atoms with Crippen molar-refractivity contribution in [3.8, 4) is 0 Å². The van der Waals surface area contributed by atoms with Gasteiger partial charge in [-0.25, -0.2) is 4.39 Å². The maximum Gasteiger partial charge on any atom is 0.123 e. The molecule has 0 fully saturated rings. The first-order valence-electron chi connectivity index (χ1n) is 6.67. The lowest BCUT2D eigenvalue weighted by Crippen LogP contribution is -1.97. The molecule has 1 atom stereocenters. The second-order valence-corrected chi connectivity index (χ2v) is 5.57. The summed E-state index contributed by atoms with van der Waals surface area (Å²) < 4.78 is 13.0. The molecule has 2 aromatic carbocycles. The highest BCUT2D eigenvalue weighted by Crippen LogP contribution is 2.32. The first-order chi connectivity index (χ1) is 9.15. The van der Waals surface area contributed by atoms with Crippen LogP contribution in [0.4, 0.5) is 4.39 Å². The SMILES string of the molecule is CCc1ccc(C(Br)c2ccc(F)cc2)cc1CC. The van der Waals surface area contributed by atoms with Gasteiger partial charge in [0.15, 0.2) is 0 Å². The van der Waals surface area contributed by atoms with E-state index in [-0.39, 0.29) is 10.6 Å². The van der Waals surface area contributed by atoms with Gasteiger partial charge in [0.25, 0.3) is 0 Å². The van der Waals surface area contributed by atoms with Crippen molar-refractivity contribution in [1.29, 1.82) is 0 Å². The van der Waals surface area contributed by atoms with Crippen molar-refractivity contribution in [3.05, 3.63) is 70.5 Å². The molecule has 100 valence electrons. The zero-order valence-electron chi connectivity index (χ0n) is 11.3. The van der Waals surface area contributed by atoms with Gasteiger partial charge in [-0.15, -0.1) is 0 Å². The number of hydrogen-bond acceptors (Lipinski definition) is 0. The Balaban J connectivity index is 2.33. The summed E-state index contributed by atoms with van der Waals surface area (Å²) in [5.74, 6) is -0.195. The summed E-state index contributed by atoms with van der Waals surface area (Å²) in [6.07, 6.45) is 2.10. The highest BCUT2D eigenvalue weighted by atomic mass is 79.9. The normalized spacial score (nSPS) is 12.4. The van der Waals surface area contributed by atoms with E-state index in [0.717, 1.165) is 18.4 Å². The molecule has 0 bridgehead atoms. The number of rotatable bonds is 4. The van der Waals surface area contributed by atoms with Crippen molar-refractivity contribution in [2.75, 3.05) is 0 Å². The number of aryl methyl sites for hydroxylation is 2. The van der Waals surface area contributed by atoms with Crippen LogP contribution < -0.4 is 0 Å². The number of benzene rings is 2. The van der Waals surface area contributed by atoms with Crippen LogP contribution in [-0.4, -0.2) is 0 Å². The first-order valence-corrected chi connectivity index (χ1v) is 7.58. The van der Waals surface area contributed by atoms with Gasteiger partial charge in [0, 0.05) is 0 Å². The minimum absolute atomic E-state index is 0.115. The first kappa shape index (κ1) is 14.3. The van der Waals surface area contributed by atoms with Gasteiger partial charge >= 0.3 is 0 Å². The molecule has 1 unspecified atom stereocenters. The lowest BCUT2D eigenvalue weighted by molar-refractivity contribution is 0.627. The van der Waals surface area contributed by atoms with E-state index in [1.165, 1.54) is 28.8 Å². The molecule has 0 amide bonds. The van der Waals surface area contributed by atoms with E-state index < -0.39 is 0 Å². The molecule has 2 aromatic rings. The molecule has 0 radical (unpaired) electrons. The van der Waals surface area contributed by atoms with E-state index in [4.69, 9.17) is 0 Å². The third kappa shape index (κ3) is 3.24. The fraction of sp³-hybridized carbons (Fsp3) is 0.294. The van der Waals surface area contributed by atoms with Crippen molar-refractivity contribution >= 4 is 15.9 Å². The minimum Gasteiger partial charge on any atom is -0.207 e. The summed E-state index contributed by atoms with van der Waals surface area (Å²) in [5, 5.41) is 0. The molecule has 0 spiro atoms. The summed E-state index contributed by atoms with van der Waals surface area (Å²) in [4.78, 5) is 0.115. The standard InChI is InChI=1S/C17H18BrF/c1-3-12-5-6-15(11-13(12)4-2)17(18)14-7-9-16(19)10-8-14/h5-11,17H,3-4H2,1-2H3. The third-order valence-corrected chi connectivity index (χ3v) is 4.50. The fourth-order valence-electron chi connectivity index (χ4n) is 2.30. The van der Waals surface area contributed by atoms with E-state index in [1.807, 2.05) is 12.1 Å². The molecule has 0 aliphatic heterocycles. The smallest absolute Gasteiger partial charge is 0.123 e. The Morgan fingerprint density at radius 3 is 2.05 bits per heavy atom. The van der Waals surface area contributed by atoms with Crippen LogP contribution in [0.1, 0.15) is 40.9 Å². The van der Waals surface area contributed by atoms with Gasteiger partial charge in [-0.3, -0.25) is 0 Å². The van der Waals surface area contributed by atoms with Gasteiger partial charge in [0.1, 0.15) is 5.82 Å². The van der Waals surface area contributed by atoms with Crippen molar-refractivity contribution in [3.63, 3.8) is 0 Å². The van der Waals surface area contributed by atoms with Crippen LogP contribution in [0, 0.1) is 5.82 Å². The molecule has 2 rings (SSSR count).